The molecule has 3 aromatic rings. The van der Waals surface area contributed by atoms with Crippen LogP contribution in [0.1, 0.15) is 22.4 Å². The van der Waals surface area contributed by atoms with Crippen LogP contribution < -0.4 is 0 Å². The molecule has 2 aromatic heterocycles. The monoisotopic (exact) mass is 251 g/mol. The van der Waals surface area contributed by atoms with Crippen LogP contribution in [-0.4, -0.2) is 14.8 Å². The van der Waals surface area contributed by atoms with Crippen LogP contribution >= 0.6 is 0 Å². The van der Waals surface area contributed by atoms with E-state index in [9.17, 15) is 0 Å². The zero-order valence-electron chi connectivity index (χ0n) is 11.5. The standard InChI is InChI=1S/C16H17N3/c1-11-8-15-13(3)18-19(16(15)17-9-11)10-14-7-5-4-6-12(14)2/h4-9H,10H2,1-3H3. The van der Waals surface area contributed by atoms with E-state index in [1.54, 1.807) is 0 Å². The maximum absolute atomic E-state index is 4.62. The predicted octanol–water partition coefficient (Wildman–Crippen LogP) is 3.40. The minimum absolute atomic E-state index is 0.771. The fourth-order valence-electron chi connectivity index (χ4n) is 2.38. The molecule has 3 rings (SSSR count). The van der Waals surface area contributed by atoms with E-state index in [1.165, 1.54) is 16.7 Å². The number of hydrogen-bond acceptors (Lipinski definition) is 2. The minimum atomic E-state index is 0.771. The molecule has 1 aromatic carbocycles. The molecule has 0 unspecified atom stereocenters. The Bertz CT molecular complexity index is 741. The third-order valence-electron chi connectivity index (χ3n) is 3.49. The first kappa shape index (κ1) is 11.9. The van der Waals surface area contributed by atoms with Crippen LogP contribution in [0.4, 0.5) is 0 Å². The summed E-state index contributed by atoms with van der Waals surface area (Å²) in [6.07, 6.45) is 1.90. The molecule has 0 saturated heterocycles. The Labute approximate surface area is 112 Å². The van der Waals surface area contributed by atoms with Gasteiger partial charge in [0.1, 0.15) is 0 Å². The van der Waals surface area contributed by atoms with Crippen LogP contribution in [-0.2, 0) is 6.54 Å². The summed E-state index contributed by atoms with van der Waals surface area (Å²) in [5.41, 5.74) is 5.75. The summed E-state index contributed by atoms with van der Waals surface area (Å²) in [7, 11) is 0. The summed E-state index contributed by atoms with van der Waals surface area (Å²) in [6, 6.07) is 10.6. The lowest BCUT2D eigenvalue weighted by molar-refractivity contribution is 0.693. The predicted molar refractivity (Wildman–Crippen MR) is 77.3 cm³/mol. The average molecular weight is 251 g/mol. The topological polar surface area (TPSA) is 30.7 Å². The van der Waals surface area contributed by atoms with Gasteiger partial charge in [-0.1, -0.05) is 24.3 Å². The lowest BCUT2D eigenvalue weighted by Crippen LogP contribution is -2.04. The van der Waals surface area contributed by atoms with Gasteiger partial charge in [0.05, 0.1) is 12.2 Å². The van der Waals surface area contributed by atoms with E-state index in [0.29, 0.717) is 0 Å². The average Bonchev–Trinajstić information content (AvgIpc) is 2.69. The number of hydrogen-bond donors (Lipinski definition) is 0. The van der Waals surface area contributed by atoms with E-state index >= 15 is 0 Å². The molecule has 2 heterocycles. The highest BCUT2D eigenvalue weighted by molar-refractivity contribution is 5.78. The number of aryl methyl sites for hydroxylation is 3. The van der Waals surface area contributed by atoms with Gasteiger partial charge in [-0.2, -0.15) is 5.10 Å². The minimum Gasteiger partial charge on any atom is -0.243 e. The van der Waals surface area contributed by atoms with Gasteiger partial charge in [-0.3, -0.25) is 0 Å². The number of rotatable bonds is 2. The molecular weight excluding hydrogens is 234 g/mol. The van der Waals surface area contributed by atoms with Crippen LogP contribution in [0.2, 0.25) is 0 Å². The van der Waals surface area contributed by atoms with Gasteiger partial charge in [-0.15, -0.1) is 0 Å². The molecule has 0 aliphatic rings. The summed E-state index contributed by atoms with van der Waals surface area (Å²) >= 11 is 0. The number of fused-ring (bicyclic) bond motifs is 1. The first-order valence-corrected chi connectivity index (χ1v) is 6.49. The summed E-state index contributed by atoms with van der Waals surface area (Å²) < 4.78 is 1.99. The van der Waals surface area contributed by atoms with Crippen LogP contribution in [0.5, 0.6) is 0 Å². The van der Waals surface area contributed by atoms with Crippen molar-refractivity contribution >= 4 is 11.0 Å². The van der Waals surface area contributed by atoms with Gasteiger partial charge in [-0.05, 0) is 43.5 Å². The zero-order valence-corrected chi connectivity index (χ0v) is 11.5. The van der Waals surface area contributed by atoms with Gasteiger partial charge in [0.25, 0.3) is 0 Å². The highest BCUT2D eigenvalue weighted by Crippen LogP contribution is 2.19. The lowest BCUT2D eigenvalue weighted by atomic mass is 10.1. The highest BCUT2D eigenvalue weighted by atomic mass is 15.3. The first-order valence-electron chi connectivity index (χ1n) is 6.49. The quantitative estimate of drug-likeness (QED) is 0.699. The molecule has 3 nitrogen and oxygen atoms in total. The Morgan fingerprint density at radius 2 is 1.89 bits per heavy atom. The van der Waals surface area contributed by atoms with Crippen molar-refractivity contribution in [3.05, 3.63) is 58.9 Å². The molecule has 0 spiro atoms. The number of pyridine rings is 1. The van der Waals surface area contributed by atoms with E-state index in [0.717, 1.165) is 23.3 Å². The van der Waals surface area contributed by atoms with E-state index in [-0.39, 0.29) is 0 Å². The fraction of sp³-hybridized carbons (Fsp3) is 0.250. The molecule has 0 aliphatic carbocycles. The van der Waals surface area contributed by atoms with Crippen molar-refractivity contribution in [2.75, 3.05) is 0 Å². The summed E-state index contributed by atoms with van der Waals surface area (Å²) in [6.45, 7) is 7.00. The molecule has 0 saturated carbocycles. The maximum atomic E-state index is 4.62. The second-order valence-electron chi connectivity index (χ2n) is 5.05. The molecule has 3 heteroatoms. The molecule has 0 fully saturated rings. The molecule has 0 aliphatic heterocycles. The van der Waals surface area contributed by atoms with Crippen molar-refractivity contribution < 1.29 is 0 Å². The smallest absolute Gasteiger partial charge is 0.158 e. The molecule has 19 heavy (non-hydrogen) atoms. The molecular formula is C16H17N3. The normalized spacial score (nSPS) is 11.1. The van der Waals surface area contributed by atoms with Crippen molar-refractivity contribution in [2.24, 2.45) is 0 Å². The Morgan fingerprint density at radius 1 is 1.11 bits per heavy atom. The zero-order chi connectivity index (χ0) is 13.4. The van der Waals surface area contributed by atoms with E-state index in [1.807, 2.05) is 17.8 Å². The fourth-order valence-corrected chi connectivity index (χ4v) is 2.38. The van der Waals surface area contributed by atoms with E-state index < -0.39 is 0 Å². The number of aromatic nitrogens is 3. The highest BCUT2D eigenvalue weighted by Gasteiger charge is 2.09. The molecule has 0 bridgehead atoms. The molecule has 0 radical (unpaired) electrons. The van der Waals surface area contributed by atoms with Gasteiger partial charge in [0.15, 0.2) is 5.65 Å². The second kappa shape index (κ2) is 4.50. The van der Waals surface area contributed by atoms with E-state index in [2.05, 4.69) is 54.3 Å². The summed E-state index contributed by atoms with van der Waals surface area (Å²) in [4.78, 5) is 4.53. The second-order valence-corrected chi connectivity index (χ2v) is 5.05. The van der Waals surface area contributed by atoms with Gasteiger partial charge < -0.3 is 0 Å². The summed E-state index contributed by atoms with van der Waals surface area (Å²) in [5.74, 6) is 0. The Morgan fingerprint density at radius 3 is 2.68 bits per heavy atom. The van der Waals surface area contributed by atoms with Crippen molar-refractivity contribution in [3.8, 4) is 0 Å². The molecule has 96 valence electrons. The Hall–Kier alpha value is -2.16. The van der Waals surface area contributed by atoms with E-state index in [4.69, 9.17) is 0 Å². The SMILES string of the molecule is Cc1cnc2c(c1)c(C)nn2Cc1ccccc1C. The largest absolute Gasteiger partial charge is 0.243 e. The van der Waals surface area contributed by atoms with Crippen LogP contribution in [0, 0.1) is 20.8 Å². The first-order chi connectivity index (χ1) is 9.15. The number of nitrogens with zero attached hydrogens (tertiary/aromatic N) is 3. The molecule has 0 N–H and O–H groups in total. The van der Waals surface area contributed by atoms with Crippen molar-refractivity contribution in [3.63, 3.8) is 0 Å². The van der Waals surface area contributed by atoms with Gasteiger partial charge >= 0.3 is 0 Å². The van der Waals surface area contributed by atoms with Crippen molar-refractivity contribution in [2.45, 2.75) is 27.3 Å². The van der Waals surface area contributed by atoms with Crippen molar-refractivity contribution in [1.82, 2.24) is 14.8 Å². The van der Waals surface area contributed by atoms with Crippen LogP contribution in [0.25, 0.3) is 11.0 Å². The van der Waals surface area contributed by atoms with Crippen LogP contribution in [0.15, 0.2) is 36.5 Å². The molecule has 0 atom stereocenters. The van der Waals surface area contributed by atoms with Crippen LogP contribution in [0.3, 0.4) is 0 Å². The lowest BCUT2D eigenvalue weighted by Gasteiger charge is -2.06. The summed E-state index contributed by atoms with van der Waals surface area (Å²) in [5, 5.41) is 5.77. The number of benzene rings is 1. The van der Waals surface area contributed by atoms with Gasteiger partial charge in [0, 0.05) is 11.6 Å². The van der Waals surface area contributed by atoms with Gasteiger partial charge in [-0.25, -0.2) is 9.67 Å². The molecule has 0 amide bonds. The van der Waals surface area contributed by atoms with Gasteiger partial charge in [0.2, 0.25) is 0 Å². The Kier molecular flexibility index (Phi) is 2.82. The maximum Gasteiger partial charge on any atom is 0.158 e. The van der Waals surface area contributed by atoms with Crippen molar-refractivity contribution in [1.29, 1.82) is 0 Å². The third kappa shape index (κ3) is 2.12. The third-order valence-corrected chi connectivity index (χ3v) is 3.49. The Balaban J connectivity index is 2.09.